The van der Waals surface area contributed by atoms with E-state index in [2.05, 4.69) is 11.0 Å². The van der Waals surface area contributed by atoms with Crippen LogP contribution in [0, 0.1) is 0 Å². The molecule has 0 saturated carbocycles. The molecule has 3 aliphatic heterocycles. The third kappa shape index (κ3) is 2.38. The van der Waals surface area contributed by atoms with Crippen LogP contribution in [0.3, 0.4) is 0 Å². The molecular formula is C17H21NO2S. The van der Waals surface area contributed by atoms with E-state index in [1.165, 1.54) is 12.2 Å². The van der Waals surface area contributed by atoms with Gasteiger partial charge in [-0.1, -0.05) is 12.1 Å². The van der Waals surface area contributed by atoms with Crippen LogP contribution in [0.4, 0.5) is 5.69 Å². The van der Waals surface area contributed by atoms with Gasteiger partial charge in [-0.15, -0.1) is 0 Å². The second-order valence-electron chi connectivity index (χ2n) is 6.36. The lowest BCUT2D eigenvalue weighted by Crippen LogP contribution is -2.50. The predicted molar refractivity (Wildman–Crippen MR) is 86.4 cm³/mol. The van der Waals surface area contributed by atoms with E-state index in [1.54, 1.807) is 0 Å². The standard InChI is InChI=1S/C17H21NO2S/c19-16-5-8-18(15-4-2-1-3-14(15)16)13-6-9-20-17(11-13)7-10-21-12-17/h1-4,13H,5-12H2. The minimum Gasteiger partial charge on any atom is -0.374 e. The topological polar surface area (TPSA) is 29.5 Å². The number of ether oxygens (including phenoxy) is 1. The number of anilines is 1. The van der Waals surface area contributed by atoms with Crippen LogP contribution in [0.25, 0.3) is 0 Å². The van der Waals surface area contributed by atoms with Crippen molar-refractivity contribution < 1.29 is 9.53 Å². The second-order valence-corrected chi connectivity index (χ2v) is 7.47. The molecule has 2 fully saturated rings. The van der Waals surface area contributed by atoms with Gasteiger partial charge in [0.15, 0.2) is 5.78 Å². The number of carbonyl (C=O) groups is 1. The predicted octanol–water partition coefficient (Wildman–Crippen LogP) is 3.13. The summed E-state index contributed by atoms with van der Waals surface area (Å²) >= 11 is 2.02. The highest BCUT2D eigenvalue weighted by atomic mass is 32.2. The summed E-state index contributed by atoms with van der Waals surface area (Å²) in [6.45, 7) is 1.72. The third-order valence-electron chi connectivity index (χ3n) is 5.07. The number of hydrogen-bond donors (Lipinski definition) is 0. The van der Waals surface area contributed by atoms with Crippen LogP contribution in [-0.4, -0.2) is 42.1 Å². The van der Waals surface area contributed by atoms with Crippen molar-refractivity contribution >= 4 is 23.2 Å². The first kappa shape index (κ1) is 13.6. The molecule has 3 nitrogen and oxygen atoms in total. The van der Waals surface area contributed by atoms with Crippen LogP contribution in [-0.2, 0) is 4.74 Å². The molecule has 3 aliphatic rings. The Hall–Kier alpha value is -1.00. The molecule has 0 N–H and O–H groups in total. The molecule has 2 atom stereocenters. The molecule has 2 unspecified atom stereocenters. The summed E-state index contributed by atoms with van der Waals surface area (Å²) in [5, 5.41) is 0. The second kappa shape index (κ2) is 5.33. The van der Waals surface area contributed by atoms with Crippen LogP contribution < -0.4 is 4.90 Å². The molecule has 4 rings (SSSR count). The van der Waals surface area contributed by atoms with Gasteiger partial charge >= 0.3 is 0 Å². The van der Waals surface area contributed by atoms with Gasteiger partial charge in [0.1, 0.15) is 0 Å². The number of nitrogens with zero attached hydrogens (tertiary/aromatic N) is 1. The number of carbonyl (C=O) groups excluding carboxylic acids is 1. The number of Topliss-reactive ketones (excluding diaryl/α,β-unsaturated/α-hetero) is 1. The van der Waals surface area contributed by atoms with Crippen molar-refractivity contribution in [2.24, 2.45) is 0 Å². The highest BCUT2D eigenvalue weighted by Crippen LogP contribution is 2.41. The average Bonchev–Trinajstić information content (AvgIpc) is 2.96. The minimum absolute atomic E-state index is 0.101. The first-order valence-corrected chi connectivity index (χ1v) is 9.04. The van der Waals surface area contributed by atoms with E-state index in [-0.39, 0.29) is 5.60 Å². The quantitative estimate of drug-likeness (QED) is 0.797. The van der Waals surface area contributed by atoms with E-state index in [4.69, 9.17) is 4.74 Å². The zero-order valence-corrected chi connectivity index (χ0v) is 13.0. The normalized spacial score (nSPS) is 32.5. The Labute approximate surface area is 130 Å². The number of hydrogen-bond acceptors (Lipinski definition) is 4. The average molecular weight is 303 g/mol. The van der Waals surface area contributed by atoms with Crippen molar-refractivity contribution in [2.75, 3.05) is 29.6 Å². The Morgan fingerprint density at radius 1 is 1.33 bits per heavy atom. The molecule has 1 aromatic carbocycles. The number of para-hydroxylation sites is 1. The van der Waals surface area contributed by atoms with Gasteiger partial charge < -0.3 is 9.64 Å². The molecule has 0 amide bonds. The molecular weight excluding hydrogens is 282 g/mol. The van der Waals surface area contributed by atoms with Gasteiger partial charge in [0, 0.05) is 42.6 Å². The molecule has 0 bridgehead atoms. The fraction of sp³-hybridized carbons (Fsp3) is 0.588. The van der Waals surface area contributed by atoms with Crippen molar-refractivity contribution in [1.82, 2.24) is 0 Å². The third-order valence-corrected chi connectivity index (χ3v) is 6.29. The summed E-state index contributed by atoms with van der Waals surface area (Å²) in [5.41, 5.74) is 2.15. The van der Waals surface area contributed by atoms with Gasteiger partial charge in [-0.05, 0) is 37.1 Å². The van der Waals surface area contributed by atoms with Crippen molar-refractivity contribution in [3.8, 4) is 0 Å². The smallest absolute Gasteiger partial charge is 0.166 e. The molecule has 4 heteroatoms. The van der Waals surface area contributed by atoms with E-state index in [9.17, 15) is 4.79 Å². The fourth-order valence-corrected chi connectivity index (χ4v) is 5.33. The maximum Gasteiger partial charge on any atom is 0.166 e. The van der Waals surface area contributed by atoms with Crippen molar-refractivity contribution in [3.63, 3.8) is 0 Å². The van der Waals surface area contributed by atoms with Crippen molar-refractivity contribution in [2.45, 2.75) is 37.3 Å². The SMILES string of the molecule is O=C1CCN(C2CCOC3(CCSC3)C2)c2ccccc21. The lowest BCUT2D eigenvalue weighted by Gasteiger charge is -2.45. The lowest BCUT2D eigenvalue weighted by atomic mass is 9.87. The zero-order chi connectivity index (χ0) is 14.3. The maximum absolute atomic E-state index is 12.1. The first-order valence-electron chi connectivity index (χ1n) is 7.88. The molecule has 21 heavy (non-hydrogen) atoms. The van der Waals surface area contributed by atoms with Gasteiger partial charge in [0.25, 0.3) is 0 Å². The van der Waals surface area contributed by atoms with Crippen molar-refractivity contribution in [3.05, 3.63) is 29.8 Å². The van der Waals surface area contributed by atoms with Crippen LogP contribution in [0.2, 0.25) is 0 Å². The molecule has 3 heterocycles. The Morgan fingerprint density at radius 3 is 3.10 bits per heavy atom. The van der Waals surface area contributed by atoms with E-state index in [0.29, 0.717) is 18.2 Å². The molecule has 2 saturated heterocycles. The molecule has 0 aromatic heterocycles. The number of ketones is 1. The van der Waals surface area contributed by atoms with Gasteiger partial charge in [0.05, 0.1) is 5.60 Å². The summed E-state index contributed by atoms with van der Waals surface area (Å²) in [7, 11) is 0. The van der Waals surface area contributed by atoms with Crippen LogP contribution in [0.15, 0.2) is 24.3 Å². The van der Waals surface area contributed by atoms with Gasteiger partial charge in [0.2, 0.25) is 0 Å². The van der Waals surface area contributed by atoms with E-state index >= 15 is 0 Å². The summed E-state index contributed by atoms with van der Waals surface area (Å²) in [4.78, 5) is 14.6. The highest BCUT2D eigenvalue weighted by Gasteiger charge is 2.43. The van der Waals surface area contributed by atoms with E-state index < -0.39 is 0 Å². The Bertz CT molecular complexity index is 553. The molecule has 112 valence electrons. The number of benzene rings is 1. The highest BCUT2D eigenvalue weighted by molar-refractivity contribution is 7.99. The van der Waals surface area contributed by atoms with Gasteiger partial charge in [-0.3, -0.25) is 4.79 Å². The van der Waals surface area contributed by atoms with E-state index in [1.807, 2.05) is 30.0 Å². The number of fused-ring (bicyclic) bond motifs is 1. The summed E-state index contributed by atoms with van der Waals surface area (Å²) in [6.07, 6.45) is 4.02. The Kier molecular flexibility index (Phi) is 3.46. The number of thioether (sulfide) groups is 1. The van der Waals surface area contributed by atoms with Gasteiger partial charge in [-0.2, -0.15) is 11.8 Å². The first-order chi connectivity index (χ1) is 10.3. The summed E-state index contributed by atoms with van der Waals surface area (Å²) < 4.78 is 6.14. The molecule has 1 aromatic rings. The lowest BCUT2D eigenvalue weighted by molar-refractivity contribution is -0.0663. The summed E-state index contributed by atoms with van der Waals surface area (Å²) in [6, 6.07) is 8.62. The zero-order valence-electron chi connectivity index (χ0n) is 12.2. The largest absolute Gasteiger partial charge is 0.374 e. The van der Waals surface area contributed by atoms with Gasteiger partial charge in [-0.25, -0.2) is 0 Å². The van der Waals surface area contributed by atoms with Crippen LogP contribution in [0.1, 0.15) is 36.0 Å². The molecule has 0 radical (unpaired) electrons. The maximum atomic E-state index is 12.1. The van der Waals surface area contributed by atoms with Crippen molar-refractivity contribution in [1.29, 1.82) is 0 Å². The minimum atomic E-state index is 0.101. The Morgan fingerprint density at radius 2 is 2.24 bits per heavy atom. The van der Waals surface area contributed by atoms with Crippen LogP contribution in [0.5, 0.6) is 0 Å². The molecule has 1 spiro atoms. The number of rotatable bonds is 1. The van der Waals surface area contributed by atoms with E-state index in [0.717, 1.165) is 43.0 Å². The van der Waals surface area contributed by atoms with Crippen LogP contribution >= 0.6 is 11.8 Å². The Balaban J connectivity index is 1.62. The molecule has 0 aliphatic carbocycles. The monoisotopic (exact) mass is 303 g/mol. The summed E-state index contributed by atoms with van der Waals surface area (Å²) in [5.74, 6) is 2.65. The fourth-order valence-electron chi connectivity index (χ4n) is 3.95.